The van der Waals surface area contributed by atoms with Crippen LogP contribution in [0.1, 0.15) is 43.3 Å². The van der Waals surface area contributed by atoms with E-state index in [-0.39, 0.29) is 31.6 Å². The second kappa shape index (κ2) is 15.3. The molecule has 3 aromatic rings. The number of carbonyl (C=O) groups excluding carboxylic acids is 3. The Kier molecular flexibility index (Phi) is 11.5. The fourth-order valence-electron chi connectivity index (χ4n) is 3.46. The minimum Gasteiger partial charge on any atom is -0.445 e. The molecular weight excluding hydrogens is 516 g/mol. The molecule has 1 heterocycles. The molecule has 1 atom stereocenters. The van der Waals surface area contributed by atoms with Gasteiger partial charge in [0.1, 0.15) is 12.6 Å². The maximum Gasteiger partial charge on any atom is 0.407 e. The number of aromatic nitrogens is 4. The van der Waals surface area contributed by atoms with Gasteiger partial charge in [0.2, 0.25) is 11.8 Å². The first kappa shape index (κ1) is 30.2. The van der Waals surface area contributed by atoms with Crippen LogP contribution in [0.2, 0.25) is 0 Å². The summed E-state index contributed by atoms with van der Waals surface area (Å²) in [5.41, 5.74) is 6.69. The van der Waals surface area contributed by atoms with Crippen LogP contribution in [0.15, 0.2) is 60.7 Å². The van der Waals surface area contributed by atoms with Crippen LogP contribution in [0.4, 0.5) is 4.79 Å². The number of nitrogens with zero attached hydrogens (tertiary/aromatic N) is 4. The van der Waals surface area contributed by atoms with E-state index in [0.29, 0.717) is 31.9 Å². The van der Waals surface area contributed by atoms with Gasteiger partial charge in [-0.05, 0) is 41.8 Å². The van der Waals surface area contributed by atoms with Crippen LogP contribution in [0.5, 0.6) is 0 Å². The predicted molar refractivity (Wildman–Crippen MR) is 145 cm³/mol. The average Bonchev–Trinajstić information content (AvgIpc) is 3.41. The number of aryl methyl sites for hydroxylation is 1. The highest BCUT2D eigenvalue weighted by atomic mass is 16.5. The van der Waals surface area contributed by atoms with Crippen LogP contribution in [-0.4, -0.2) is 63.4 Å². The lowest BCUT2D eigenvalue weighted by Gasteiger charge is -2.23. The van der Waals surface area contributed by atoms with E-state index in [1.807, 2.05) is 60.7 Å². The molecule has 0 bridgehead atoms. The molecule has 0 spiro atoms. The number of benzene rings is 2. The molecule has 0 unspecified atom stereocenters. The Morgan fingerprint density at radius 2 is 1.62 bits per heavy atom. The number of nitrogens with one attached hydrogen (secondary N) is 3. The maximum atomic E-state index is 12.6. The molecular formula is C27H36N8O5. The normalized spacial score (nSPS) is 11.9. The van der Waals surface area contributed by atoms with Crippen molar-refractivity contribution in [2.45, 2.75) is 51.6 Å². The number of ether oxygens (including phenoxy) is 2. The zero-order valence-electron chi connectivity index (χ0n) is 22.7. The molecule has 0 aliphatic carbocycles. The fraction of sp³-hybridized carbons (Fsp3) is 0.407. The summed E-state index contributed by atoms with van der Waals surface area (Å²) in [6, 6.07) is 18.2. The van der Waals surface area contributed by atoms with Crippen molar-refractivity contribution in [1.29, 1.82) is 0 Å². The first-order valence-electron chi connectivity index (χ1n) is 12.9. The number of alkyl carbamates (subject to hydrolysis) is 1. The van der Waals surface area contributed by atoms with Crippen molar-refractivity contribution >= 4 is 17.9 Å². The Morgan fingerprint density at radius 1 is 0.975 bits per heavy atom. The van der Waals surface area contributed by atoms with Crippen molar-refractivity contribution in [2.24, 2.45) is 5.73 Å². The number of rotatable bonds is 15. The van der Waals surface area contributed by atoms with Crippen molar-refractivity contribution in [3.05, 3.63) is 77.6 Å². The quantitative estimate of drug-likeness (QED) is 0.202. The third-order valence-corrected chi connectivity index (χ3v) is 5.63. The second-order valence-corrected chi connectivity index (χ2v) is 9.63. The number of nitrogens with two attached hydrogens (primary N) is 1. The summed E-state index contributed by atoms with van der Waals surface area (Å²) in [6.45, 7) is 4.26. The van der Waals surface area contributed by atoms with Gasteiger partial charge in [-0.2, -0.15) is 0 Å². The SMILES string of the molecule is CC(C)(N)C(=O)N[C@H](COCc1ccccc1)c1nnnn1CCCNC(=O)CNC(=O)OCc1ccccc1. The van der Waals surface area contributed by atoms with E-state index < -0.39 is 17.7 Å². The molecule has 2 aromatic carbocycles. The molecule has 1 aromatic heterocycles. The van der Waals surface area contributed by atoms with Crippen molar-refractivity contribution < 1.29 is 23.9 Å². The molecule has 0 aliphatic rings. The molecule has 3 amide bonds. The van der Waals surface area contributed by atoms with E-state index in [2.05, 4.69) is 31.5 Å². The van der Waals surface area contributed by atoms with E-state index in [1.165, 1.54) is 0 Å². The highest BCUT2D eigenvalue weighted by Gasteiger charge is 2.28. The molecule has 0 saturated carbocycles. The van der Waals surface area contributed by atoms with Gasteiger partial charge in [0.25, 0.3) is 0 Å². The minimum atomic E-state index is -1.11. The molecule has 214 valence electrons. The summed E-state index contributed by atoms with van der Waals surface area (Å²) in [5.74, 6) is -0.338. The van der Waals surface area contributed by atoms with Crippen LogP contribution in [0.3, 0.4) is 0 Å². The zero-order chi connectivity index (χ0) is 28.8. The van der Waals surface area contributed by atoms with Gasteiger partial charge in [-0.25, -0.2) is 9.48 Å². The van der Waals surface area contributed by atoms with Gasteiger partial charge >= 0.3 is 6.09 Å². The first-order chi connectivity index (χ1) is 19.2. The van der Waals surface area contributed by atoms with Gasteiger partial charge in [0.05, 0.1) is 25.3 Å². The predicted octanol–water partition coefficient (Wildman–Crippen LogP) is 1.22. The van der Waals surface area contributed by atoms with Crippen LogP contribution >= 0.6 is 0 Å². The van der Waals surface area contributed by atoms with Gasteiger partial charge < -0.3 is 31.2 Å². The number of tetrazole rings is 1. The molecule has 13 heteroatoms. The molecule has 5 N–H and O–H groups in total. The first-order valence-corrected chi connectivity index (χ1v) is 12.9. The Balaban J connectivity index is 1.44. The average molecular weight is 553 g/mol. The van der Waals surface area contributed by atoms with Crippen molar-refractivity contribution in [3.8, 4) is 0 Å². The Hall–Kier alpha value is -4.36. The molecule has 0 fully saturated rings. The van der Waals surface area contributed by atoms with Crippen LogP contribution in [0, 0.1) is 0 Å². The molecule has 0 saturated heterocycles. The van der Waals surface area contributed by atoms with Crippen LogP contribution in [0.25, 0.3) is 0 Å². The van der Waals surface area contributed by atoms with Gasteiger partial charge in [-0.3, -0.25) is 9.59 Å². The topological polar surface area (TPSA) is 175 Å². The Bertz CT molecular complexity index is 1210. The maximum absolute atomic E-state index is 12.6. The van der Waals surface area contributed by atoms with Crippen LogP contribution in [-0.2, 0) is 38.8 Å². The third kappa shape index (κ3) is 10.4. The standard InChI is InChI=1S/C27H36N8O5/c1-27(2,28)25(37)31-22(19-39-17-20-10-5-3-6-11-20)24-32-33-34-35(24)15-9-14-29-23(36)16-30-26(38)40-18-21-12-7-4-8-13-21/h3-8,10-13,22H,9,14-19,28H2,1-2H3,(H,29,36)(H,30,38)(H,31,37)/t22-/m1/s1. The highest BCUT2D eigenvalue weighted by molar-refractivity contribution is 5.85. The lowest BCUT2D eigenvalue weighted by molar-refractivity contribution is -0.126. The van der Waals surface area contributed by atoms with E-state index in [1.54, 1.807) is 18.5 Å². The van der Waals surface area contributed by atoms with Crippen LogP contribution < -0.4 is 21.7 Å². The lowest BCUT2D eigenvalue weighted by atomic mass is 10.1. The summed E-state index contributed by atoms with van der Waals surface area (Å²) < 4.78 is 12.5. The number of hydrogen-bond donors (Lipinski definition) is 4. The van der Waals surface area contributed by atoms with Gasteiger partial charge in [0, 0.05) is 13.1 Å². The van der Waals surface area contributed by atoms with E-state index in [9.17, 15) is 14.4 Å². The zero-order valence-corrected chi connectivity index (χ0v) is 22.7. The summed E-state index contributed by atoms with van der Waals surface area (Å²) in [7, 11) is 0. The molecule has 13 nitrogen and oxygen atoms in total. The fourth-order valence-corrected chi connectivity index (χ4v) is 3.46. The summed E-state index contributed by atoms with van der Waals surface area (Å²) >= 11 is 0. The van der Waals surface area contributed by atoms with Crippen molar-refractivity contribution in [3.63, 3.8) is 0 Å². The highest BCUT2D eigenvalue weighted by Crippen LogP contribution is 2.13. The largest absolute Gasteiger partial charge is 0.445 e. The monoisotopic (exact) mass is 552 g/mol. The number of amides is 3. The van der Waals surface area contributed by atoms with Gasteiger partial charge in [0.15, 0.2) is 5.82 Å². The molecule has 40 heavy (non-hydrogen) atoms. The van der Waals surface area contributed by atoms with Crippen molar-refractivity contribution in [1.82, 2.24) is 36.2 Å². The smallest absolute Gasteiger partial charge is 0.407 e. The Labute approximate surface area is 232 Å². The van der Waals surface area contributed by atoms with Crippen molar-refractivity contribution in [2.75, 3.05) is 19.7 Å². The van der Waals surface area contributed by atoms with E-state index in [4.69, 9.17) is 15.2 Å². The van der Waals surface area contributed by atoms with Gasteiger partial charge in [-0.15, -0.1) is 5.10 Å². The number of hydrogen-bond acceptors (Lipinski definition) is 9. The van der Waals surface area contributed by atoms with Gasteiger partial charge in [-0.1, -0.05) is 60.7 Å². The lowest BCUT2D eigenvalue weighted by Crippen LogP contribution is -2.51. The van der Waals surface area contributed by atoms with E-state index >= 15 is 0 Å². The summed E-state index contributed by atoms with van der Waals surface area (Å²) in [6.07, 6.45) is -0.184. The summed E-state index contributed by atoms with van der Waals surface area (Å²) in [5, 5.41) is 19.9. The molecule has 3 rings (SSSR count). The Morgan fingerprint density at radius 3 is 2.27 bits per heavy atom. The second-order valence-electron chi connectivity index (χ2n) is 9.63. The minimum absolute atomic E-state index is 0.115. The number of carbonyl (C=O) groups is 3. The molecule has 0 aliphatic heterocycles. The molecule has 0 radical (unpaired) electrons. The third-order valence-electron chi connectivity index (χ3n) is 5.63. The summed E-state index contributed by atoms with van der Waals surface area (Å²) in [4.78, 5) is 36.5. The van der Waals surface area contributed by atoms with E-state index in [0.717, 1.165) is 11.1 Å².